The molecule has 3 nitrogen and oxygen atoms in total. The molecule has 0 bridgehead atoms. The summed E-state index contributed by atoms with van der Waals surface area (Å²) in [5, 5.41) is 0. The number of nitrogens with zero attached hydrogens (tertiary/aromatic N) is 3. The molecule has 0 N–H and O–H groups in total. The molecule has 1 aliphatic heterocycles. The number of aromatic nitrogens is 2. The van der Waals surface area contributed by atoms with Gasteiger partial charge >= 0.3 is 0 Å². The van der Waals surface area contributed by atoms with Gasteiger partial charge in [-0.05, 0) is 64.9 Å². The fourth-order valence-corrected chi connectivity index (χ4v) is 3.33. The summed E-state index contributed by atoms with van der Waals surface area (Å²) < 4.78 is 2.90. The standard InChI is InChI=1S/C15H16BrN3/c16-14-9-19(11-17-14)13-3-1-12(2-4-13)18-8-7-15(10-18)5-6-15/h1-4,9,11H,5-8,10H2. The fourth-order valence-electron chi connectivity index (χ4n) is 3.02. The van der Waals surface area contributed by atoms with Crippen molar-refractivity contribution in [3.63, 3.8) is 0 Å². The van der Waals surface area contributed by atoms with Crippen LogP contribution in [-0.2, 0) is 0 Å². The van der Waals surface area contributed by atoms with E-state index in [9.17, 15) is 0 Å². The van der Waals surface area contributed by atoms with Crippen LogP contribution in [0.5, 0.6) is 0 Å². The van der Waals surface area contributed by atoms with Crippen molar-refractivity contribution in [2.45, 2.75) is 19.3 Å². The van der Waals surface area contributed by atoms with E-state index in [1.54, 1.807) is 0 Å². The molecule has 0 amide bonds. The summed E-state index contributed by atoms with van der Waals surface area (Å²) in [7, 11) is 0. The molecule has 98 valence electrons. The molecule has 0 unspecified atom stereocenters. The Morgan fingerprint density at radius 1 is 1.05 bits per heavy atom. The van der Waals surface area contributed by atoms with E-state index < -0.39 is 0 Å². The maximum absolute atomic E-state index is 4.19. The van der Waals surface area contributed by atoms with Crippen LogP contribution in [0.15, 0.2) is 41.4 Å². The number of benzene rings is 1. The molecule has 1 spiro atoms. The van der Waals surface area contributed by atoms with Crippen molar-refractivity contribution in [2.75, 3.05) is 18.0 Å². The van der Waals surface area contributed by atoms with Crippen molar-refractivity contribution in [1.82, 2.24) is 9.55 Å². The van der Waals surface area contributed by atoms with Crippen molar-refractivity contribution >= 4 is 21.6 Å². The predicted octanol–water partition coefficient (Wildman–Crippen LogP) is 3.63. The Morgan fingerprint density at radius 2 is 1.79 bits per heavy atom. The molecule has 4 heteroatoms. The number of rotatable bonds is 2. The summed E-state index contributed by atoms with van der Waals surface area (Å²) in [6, 6.07) is 8.79. The molecule has 0 radical (unpaired) electrons. The number of anilines is 1. The summed E-state index contributed by atoms with van der Waals surface area (Å²) in [6.45, 7) is 2.47. The van der Waals surface area contributed by atoms with Crippen LogP contribution in [0.25, 0.3) is 5.69 Å². The van der Waals surface area contributed by atoms with Gasteiger partial charge in [-0.3, -0.25) is 0 Å². The predicted molar refractivity (Wildman–Crippen MR) is 79.8 cm³/mol. The highest BCUT2D eigenvalue weighted by molar-refractivity contribution is 9.10. The highest BCUT2D eigenvalue weighted by Gasteiger charge is 2.47. The van der Waals surface area contributed by atoms with Gasteiger partial charge in [0.25, 0.3) is 0 Å². The molecule has 2 fully saturated rings. The lowest BCUT2D eigenvalue weighted by atomic mass is 10.1. The molecule has 0 atom stereocenters. The lowest BCUT2D eigenvalue weighted by Gasteiger charge is -2.19. The molecule has 2 heterocycles. The molecule has 2 aromatic rings. The molecule has 19 heavy (non-hydrogen) atoms. The third-order valence-corrected chi connectivity index (χ3v) is 4.87. The molecule has 1 aliphatic carbocycles. The summed E-state index contributed by atoms with van der Waals surface area (Å²) in [5.41, 5.74) is 3.20. The number of hydrogen-bond acceptors (Lipinski definition) is 2. The zero-order valence-corrected chi connectivity index (χ0v) is 12.3. The quantitative estimate of drug-likeness (QED) is 0.843. The Bertz CT molecular complexity index is 598. The van der Waals surface area contributed by atoms with Crippen LogP contribution in [0.3, 0.4) is 0 Å². The Hall–Kier alpha value is -1.29. The van der Waals surface area contributed by atoms with E-state index in [2.05, 4.69) is 50.1 Å². The zero-order valence-electron chi connectivity index (χ0n) is 10.7. The van der Waals surface area contributed by atoms with E-state index in [-0.39, 0.29) is 0 Å². The Labute approximate surface area is 121 Å². The largest absolute Gasteiger partial charge is 0.371 e. The normalized spacial score (nSPS) is 20.2. The first-order chi connectivity index (χ1) is 9.24. The van der Waals surface area contributed by atoms with Crippen LogP contribution in [0.2, 0.25) is 0 Å². The van der Waals surface area contributed by atoms with Crippen LogP contribution >= 0.6 is 15.9 Å². The number of halogens is 1. The van der Waals surface area contributed by atoms with Gasteiger partial charge in [-0.15, -0.1) is 0 Å². The van der Waals surface area contributed by atoms with Crippen molar-refractivity contribution in [1.29, 1.82) is 0 Å². The average Bonchev–Trinajstić information content (AvgIpc) is 2.84. The second-order valence-corrected chi connectivity index (χ2v) is 6.60. The minimum absolute atomic E-state index is 0.688. The highest BCUT2D eigenvalue weighted by Crippen LogP contribution is 2.53. The summed E-state index contributed by atoms with van der Waals surface area (Å²) >= 11 is 3.38. The highest BCUT2D eigenvalue weighted by atomic mass is 79.9. The minimum Gasteiger partial charge on any atom is -0.371 e. The van der Waals surface area contributed by atoms with Crippen LogP contribution < -0.4 is 4.90 Å². The molecule has 4 rings (SSSR count). The SMILES string of the molecule is Brc1cn(-c2ccc(N3CCC4(CC4)C3)cc2)cn1. The molecular weight excluding hydrogens is 302 g/mol. The summed E-state index contributed by atoms with van der Waals surface area (Å²) in [6.07, 6.45) is 8.05. The fraction of sp³-hybridized carbons (Fsp3) is 0.400. The molecule has 1 aromatic carbocycles. The van der Waals surface area contributed by atoms with Gasteiger partial charge in [-0.25, -0.2) is 4.98 Å². The van der Waals surface area contributed by atoms with Gasteiger partial charge < -0.3 is 9.47 Å². The van der Waals surface area contributed by atoms with Crippen molar-refractivity contribution in [3.8, 4) is 5.69 Å². The van der Waals surface area contributed by atoms with Gasteiger partial charge in [0.2, 0.25) is 0 Å². The maximum Gasteiger partial charge on any atom is 0.124 e. The average molecular weight is 318 g/mol. The minimum atomic E-state index is 0.688. The van der Waals surface area contributed by atoms with Crippen molar-refractivity contribution in [2.24, 2.45) is 5.41 Å². The van der Waals surface area contributed by atoms with Gasteiger partial charge in [0.05, 0.1) is 0 Å². The lowest BCUT2D eigenvalue weighted by Crippen LogP contribution is -2.19. The summed E-state index contributed by atoms with van der Waals surface area (Å²) in [5.74, 6) is 0. The first-order valence-electron chi connectivity index (χ1n) is 6.79. The smallest absolute Gasteiger partial charge is 0.124 e. The van der Waals surface area contributed by atoms with E-state index in [0.29, 0.717) is 5.41 Å². The third kappa shape index (κ3) is 2.08. The lowest BCUT2D eigenvalue weighted by molar-refractivity contribution is 0.581. The van der Waals surface area contributed by atoms with Gasteiger partial charge in [-0.1, -0.05) is 0 Å². The van der Waals surface area contributed by atoms with Crippen LogP contribution in [0, 0.1) is 5.41 Å². The van der Waals surface area contributed by atoms with Crippen molar-refractivity contribution < 1.29 is 0 Å². The Balaban J connectivity index is 1.56. The van der Waals surface area contributed by atoms with E-state index in [4.69, 9.17) is 0 Å². The number of imidazole rings is 1. The maximum atomic E-state index is 4.19. The van der Waals surface area contributed by atoms with E-state index in [1.165, 1.54) is 38.0 Å². The van der Waals surface area contributed by atoms with E-state index >= 15 is 0 Å². The zero-order chi connectivity index (χ0) is 12.9. The molecule has 1 saturated carbocycles. The molecule has 2 aliphatic rings. The van der Waals surface area contributed by atoms with Gasteiger partial charge in [-0.2, -0.15) is 0 Å². The topological polar surface area (TPSA) is 21.1 Å². The van der Waals surface area contributed by atoms with Crippen molar-refractivity contribution in [3.05, 3.63) is 41.4 Å². The van der Waals surface area contributed by atoms with E-state index in [1.807, 2.05) is 17.1 Å². The third-order valence-electron chi connectivity index (χ3n) is 4.46. The summed E-state index contributed by atoms with van der Waals surface area (Å²) in [4.78, 5) is 6.72. The van der Waals surface area contributed by atoms with Gasteiger partial charge in [0.1, 0.15) is 10.9 Å². The molecule has 1 saturated heterocycles. The van der Waals surface area contributed by atoms with Gasteiger partial charge in [0.15, 0.2) is 0 Å². The van der Waals surface area contributed by atoms with Crippen LogP contribution in [-0.4, -0.2) is 22.6 Å². The first kappa shape index (κ1) is 11.5. The second-order valence-electron chi connectivity index (χ2n) is 5.79. The van der Waals surface area contributed by atoms with E-state index in [0.717, 1.165) is 10.3 Å². The van der Waals surface area contributed by atoms with Crippen LogP contribution in [0.1, 0.15) is 19.3 Å². The second kappa shape index (κ2) is 4.10. The van der Waals surface area contributed by atoms with Gasteiger partial charge in [0, 0.05) is 30.7 Å². The molecular formula is C15H16BrN3. The first-order valence-corrected chi connectivity index (χ1v) is 7.58. The van der Waals surface area contributed by atoms with Crippen LogP contribution in [0.4, 0.5) is 5.69 Å². The number of hydrogen-bond donors (Lipinski definition) is 0. The Kier molecular flexibility index (Phi) is 2.49. The Morgan fingerprint density at radius 3 is 2.37 bits per heavy atom. The monoisotopic (exact) mass is 317 g/mol. The molecule has 1 aromatic heterocycles.